The molecule has 0 saturated carbocycles. The SMILES string of the molecule is CC1=C(C(=O)OCCc2ccccc2)C(c2ccc(N(C)C)cc2)C2=C(CC(c3ccc(Cl)cc3)CC2=O)N1. The Balaban J connectivity index is 1.47. The fraction of sp³-hybridized carbons (Fsp3) is 0.273. The summed E-state index contributed by atoms with van der Waals surface area (Å²) in [5.74, 6) is -0.783. The summed E-state index contributed by atoms with van der Waals surface area (Å²) >= 11 is 6.10. The molecule has 200 valence electrons. The summed E-state index contributed by atoms with van der Waals surface area (Å²) in [6, 6.07) is 25.7. The highest BCUT2D eigenvalue weighted by Gasteiger charge is 2.41. The highest BCUT2D eigenvalue weighted by molar-refractivity contribution is 6.30. The predicted octanol–water partition coefficient (Wildman–Crippen LogP) is 6.55. The molecule has 0 aromatic heterocycles. The van der Waals surface area contributed by atoms with E-state index in [9.17, 15) is 9.59 Å². The molecule has 5 nitrogen and oxygen atoms in total. The number of ketones is 1. The fourth-order valence-electron chi connectivity index (χ4n) is 5.56. The van der Waals surface area contributed by atoms with Crippen LogP contribution >= 0.6 is 11.6 Å². The normalized spacial score (nSPS) is 18.9. The van der Waals surface area contributed by atoms with Gasteiger partial charge in [-0.3, -0.25) is 4.79 Å². The van der Waals surface area contributed by atoms with E-state index in [1.54, 1.807) is 0 Å². The average Bonchev–Trinajstić information content (AvgIpc) is 2.93. The standard InChI is InChI=1S/C33H33ClN2O3/c1-21-30(33(38)39-18-17-22-7-5-4-6-8-22)31(24-11-15-27(16-12-24)36(2)3)32-28(35-21)19-25(20-29(32)37)23-9-13-26(34)14-10-23/h4-16,25,31,35H,17-20H2,1-3H3. The van der Waals surface area contributed by atoms with Crippen molar-refractivity contribution < 1.29 is 14.3 Å². The number of allylic oxidation sites excluding steroid dienone is 3. The van der Waals surface area contributed by atoms with Crippen LogP contribution in [0, 0.1) is 0 Å². The topological polar surface area (TPSA) is 58.6 Å². The fourth-order valence-corrected chi connectivity index (χ4v) is 5.69. The van der Waals surface area contributed by atoms with Crippen molar-refractivity contribution in [1.82, 2.24) is 5.32 Å². The lowest BCUT2D eigenvalue weighted by atomic mass is 9.71. The van der Waals surface area contributed by atoms with Crippen LogP contribution < -0.4 is 10.2 Å². The molecule has 6 heteroatoms. The minimum atomic E-state index is -0.486. The second kappa shape index (κ2) is 11.5. The van der Waals surface area contributed by atoms with Gasteiger partial charge in [0.2, 0.25) is 0 Å². The van der Waals surface area contributed by atoms with Crippen molar-refractivity contribution in [2.45, 2.75) is 38.0 Å². The monoisotopic (exact) mass is 540 g/mol. The van der Waals surface area contributed by atoms with Gasteiger partial charge in [0, 0.05) is 60.5 Å². The molecule has 0 radical (unpaired) electrons. The van der Waals surface area contributed by atoms with E-state index in [0.29, 0.717) is 35.4 Å². The molecule has 1 N–H and O–H groups in total. The third-order valence-electron chi connectivity index (χ3n) is 7.60. The zero-order valence-electron chi connectivity index (χ0n) is 22.5. The Hall–Kier alpha value is -3.83. The van der Waals surface area contributed by atoms with E-state index in [0.717, 1.165) is 33.8 Å². The second-order valence-corrected chi connectivity index (χ2v) is 10.9. The van der Waals surface area contributed by atoms with Gasteiger partial charge in [0.15, 0.2) is 5.78 Å². The molecule has 0 fully saturated rings. The number of dihydropyridines is 1. The molecule has 0 saturated heterocycles. The molecule has 2 aliphatic rings. The van der Waals surface area contributed by atoms with Gasteiger partial charge in [-0.2, -0.15) is 0 Å². The molecule has 0 spiro atoms. The number of ether oxygens (including phenoxy) is 1. The van der Waals surface area contributed by atoms with Gasteiger partial charge < -0.3 is 15.0 Å². The summed E-state index contributed by atoms with van der Waals surface area (Å²) in [4.78, 5) is 29.4. The minimum Gasteiger partial charge on any atom is -0.462 e. The summed E-state index contributed by atoms with van der Waals surface area (Å²) in [6.45, 7) is 2.17. The van der Waals surface area contributed by atoms with Crippen LogP contribution in [0.5, 0.6) is 0 Å². The van der Waals surface area contributed by atoms with Crippen molar-refractivity contribution in [3.63, 3.8) is 0 Å². The Morgan fingerprint density at radius 3 is 2.28 bits per heavy atom. The van der Waals surface area contributed by atoms with E-state index in [4.69, 9.17) is 16.3 Å². The number of esters is 1. The number of halogens is 1. The molecular weight excluding hydrogens is 508 g/mol. The molecule has 3 aromatic carbocycles. The van der Waals surface area contributed by atoms with Crippen LogP contribution in [-0.4, -0.2) is 32.5 Å². The van der Waals surface area contributed by atoms with E-state index >= 15 is 0 Å². The lowest BCUT2D eigenvalue weighted by molar-refractivity contribution is -0.139. The summed E-state index contributed by atoms with van der Waals surface area (Å²) < 4.78 is 5.79. The summed E-state index contributed by atoms with van der Waals surface area (Å²) in [6.07, 6.45) is 1.69. The van der Waals surface area contributed by atoms with E-state index in [-0.39, 0.29) is 18.3 Å². The highest BCUT2D eigenvalue weighted by atomic mass is 35.5. The van der Waals surface area contributed by atoms with Crippen molar-refractivity contribution in [2.75, 3.05) is 25.6 Å². The van der Waals surface area contributed by atoms with Gasteiger partial charge in [0.05, 0.1) is 12.2 Å². The van der Waals surface area contributed by atoms with Crippen LogP contribution in [0.15, 0.2) is 101 Å². The molecule has 5 rings (SSSR count). The Kier molecular flexibility index (Phi) is 7.89. The zero-order chi connectivity index (χ0) is 27.5. The molecule has 3 aromatic rings. The Morgan fingerprint density at radius 2 is 1.62 bits per heavy atom. The van der Waals surface area contributed by atoms with Crippen LogP contribution in [0.4, 0.5) is 5.69 Å². The van der Waals surface area contributed by atoms with Crippen molar-refractivity contribution in [3.8, 4) is 0 Å². The van der Waals surface area contributed by atoms with Crippen LogP contribution in [-0.2, 0) is 20.7 Å². The van der Waals surface area contributed by atoms with E-state index in [1.807, 2.05) is 105 Å². The van der Waals surface area contributed by atoms with Gasteiger partial charge >= 0.3 is 5.97 Å². The van der Waals surface area contributed by atoms with Gasteiger partial charge in [-0.05, 0) is 60.2 Å². The van der Waals surface area contributed by atoms with Crippen molar-refractivity contribution in [1.29, 1.82) is 0 Å². The van der Waals surface area contributed by atoms with E-state index < -0.39 is 11.9 Å². The van der Waals surface area contributed by atoms with Gasteiger partial charge in [0.1, 0.15) is 0 Å². The van der Waals surface area contributed by atoms with E-state index in [1.165, 1.54) is 0 Å². The largest absolute Gasteiger partial charge is 0.462 e. The van der Waals surface area contributed by atoms with Gasteiger partial charge in [-0.15, -0.1) is 0 Å². The Bertz CT molecular complexity index is 1420. The Morgan fingerprint density at radius 1 is 0.949 bits per heavy atom. The average molecular weight is 541 g/mol. The van der Waals surface area contributed by atoms with Gasteiger partial charge in [0.25, 0.3) is 0 Å². The van der Waals surface area contributed by atoms with Gasteiger partial charge in [-0.1, -0.05) is 66.2 Å². The summed E-state index contributed by atoms with van der Waals surface area (Å²) in [7, 11) is 3.97. The first-order valence-corrected chi connectivity index (χ1v) is 13.7. The number of nitrogens with one attached hydrogen (secondary N) is 1. The third-order valence-corrected chi connectivity index (χ3v) is 7.85. The third kappa shape index (κ3) is 5.79. The predicted molar refractivity (Wildman–Crippen MR) is 156 cm³/mol. The molecule has 1 heterocycles. The lowest BCUT2D eigenvalue weighted by Gasteiger charge is -2.36. The number of Topliss-reactive ketones (excluding diaryl/α,β-unsaturated/α-hetero) is 1. The number of benzene rings is 3. The van der Waals surface area contributed by atoms with E-state index in [2.05, 4.69) is 5.32 Å². The van der Waals surface area contributed by atoms with Crippen molar-refractivity contribution in [2.24, 2.45) is 0 Å². The number of nitrogens with zero attached hydrogens (tertiary/aromatic N) is 1. The number of carbonyl (C=O) groups excluding carboxylic acids is 2. The number of hydrogen-bond donors (Lipinski definition) is 1. The Labute approximate surface area is 235 Å². The van der Waals surface area contributed by atoms with Gasteiger partial charge in [-0.25, -0.2) is 4.79 Å². The van der Waals surface area contributed by atoms with Crippen LogP contribution in [0.25, 0.3) is 0 Å². The first kappa shape index (κ1) is 26.8. The highest BCUT2D eigenvalue weighted by Crippen LogP contribution is 2.46. The molecular formula is C33H33ClN2O3. The molecule has 2 unspecified atom stereocenters. The van der Waals surface area contributed by atoms with Crippen LogP contribution in [0.1, 0.15) is 48.3 Å². The number of rotatable bonds is 7. The maximum atomic E-state index is 13.8. The smallest absolute Gasteiger partial charge is 0.336 e. The molecule has 1 aliphatic heterocycles. The molecule has 0 amide bonds. The maximum Gasteiger partial charge on any atom is 0.336 e. The number of hydrogen-bond acceptors (Lipinski definition) is 5. The molecule has 1 aliphatic carbocycles. The summed E-state index contributed by atoms with van der Waals surface area (Å²) in [5.41, 5.74) is 6.91. The first-order valence-electron chi connectivity index (χ1n) is 13.3. The molecule has 2 atom stereocenters. The molecule has 39 heavy (non-hydrogen) atoms. The lowest BCUT2D eigenvalue weighted by Crippen LogP contribution is -2.36. The summed E-state index contributed by atoms with van der Waals surface area (Å²) in [5, 5.41) is 4.10. The van der Waals surface area contributed by atoms with Crippen molar-refractivity contribution in [3.05, 3.63) is 123 Å². The molecule has 0 bridgehead atoms. The first-order chi connectivity index (χ1) is 18.8. The minimum absolute atomic E-state index is 0.0463. The maximum absolute atomic E-state index is 13.8. The van der Waals surface area contributed by atoms with Crippen LogP contribution in [0.2, 0.25) is 5.02 Å². The van der Waals surface area contributed by atoms with Crippen molar-refractivity contribution >= 4 is 29.0 Å². The number of carbonyl (C=O) groups is 2. The van der Waals surface area contributed by atoms with Crippen LogP contribution in [0.3, 0.4) is 0 Å². The zero-order valence-corrected chi connectivity index (χ0v) is 23.3. The quantitative estimate of drug-likeness (QED) is 0.344. The number of anilines is 1. The second-order valence-electron chi connectivity index (χ2n) is 10.4.